The smallest absolute Gasteiger partial charge is 0.324 e. The number of piperidine rings is 1. The highest BCUT2D eigenvalue weighted by molar-refractivity contribution is 5.98. The van der Waals surface area contributed by atoms with E-state index in [4.69, 9.17) is 0 Å². The van der Waals surface area contributed by atoms with E-state index in [0.29, 0.717) is 19.6 Å². The SMILES string of the molecule is C[C@@H](C(=O)N1CCNC1=O)N1CCN(CC(=O)N2CCCCC2)CC1. The molecule has 1 atom stereocenters. The Bertz CT molecular complexity index is 512. The van der Waals surface area contributed by atoms with Gasteiger partial charge in [-0.25, -0.2) is 4.79 Å². The summed E-state index contributed by atoms with van der Waals surface area (Å²) in [5.41, 5.74) is 0. The first-order valence-corrected chi connectivity index (χ1v) is 9.39. The van der Waals surface area contributed by atoms with Crippen molar-refractivity contribution in [3.63, 3.8) is 0 Å². The Balaban J connectivity index is 1.44. The van der Waals surface area contributed by atoms with Crippen LogP contribution in [0.5, 0.6) is 0 Å². The van der Waals surface area contributed by atoms with E-state index >= 15 is 0 Å². The van der Waals surface area contributed by atoms with Gasteiger partial charge in [-0.05, 0) is 26.2 Å². The molecule has 0 aromatic rings. The largest absolute Gasteiger partial charge is 0.342 e. The van der Waals surface area contributed by atoms with Gasteiger partial charge in [0.2, 0.25) is 11.8 Å². The van der Waals surface area contributed by atoms with E-state index in [-0.39, 0.29) is 23.9 Å². The number of hydrogen-bond acceptors (Lipinski definition) is 5. The quantitative estimate of drug-likeness (QED) is 0.743. The molecule has 3 heterocycles. The number of likely N-dealkylation sites (tertiary alicyclic amines) is 1. The molecule has 0 saturated carbocycles. The zero-order chi connectivity index (χ0) is 17.8. The highest BCUT2D eigenvalue weighted by atomic mass is 16.2. The summed E-state index contributed by atoms with van der Waals surface area (Å²) in [5.74, 6) is 0.0962. The molecule has 0 spiro atoms. The summed E-state index contributed by atoms with van der Waals surface area (Å²) < 4.78 is 0. The standard InChI is InChI=1S/C17H29N5O3/c1-14(16(24)22-8-5-18-17(22)25)20-11-9-19(10-12-20)13-15(23)21-6-3-2-4-7-21/h14H,2-13H2,1H3,(H,18,25)/t14-/m0/s1. The van der Waals surface area contributed by atoms with E-state index in [1.807, 2.05) is 11.8 Å². The minimum absolute atomic E-state index is 0.132. The van der Waals surface area contributed by atoms with Crippen LogP contribution in [-0.2, 0) is 9.59 Å². The second-order valence-corrected chi connectivity index (χ2v) is 7.15. The molecule has 3 aliphatic heterocycles. The van der Waals surface area contributed by atoms with Gasteiger partial charge < -0.3 is 10.2 Å². The number of rotatable bonds is 4. The summed E-state index contributed by atoms with van der Waals surface area (Å²) in [6, 6.07) is -0.591. The molecule has 3 fully saturated rings. The lowest BCUT2D eigenvalue weighted by molar-refractivity contribution is -0.136. The van der Waals surface area contributed by atoms with Gasteiger partial charge in [0.05, 0.1) is 12.6 Å². The molecule has 8 nitrogen and oxygen atoms in total. The number of piperazine rings is 1. The first-order valence-electron chi connectivity index (χ1n) is 9.39. The number of nitrogens with zero attached hydrogens (tertiary/aromatic N) is 4. The molecule has 8 heteroatoms. The fraction of sp³-hybridized carbons (Fsp3) is 0.824. The predicted octanol–water partition coefficient (Wildman–Crippen LogP) is -0.443. The number of hydrogen-bond donors (Lipinski definition) is 1. The second-order valence-electron chi connectivity index (χ2n) is 7.15. The third-order valence-electron chi connectivity index (χ3n) is 5.50. The summed E-state index contributed by atoms with van der Waals surface area (Å²) in [6.45, 7) is 8.16. The third kappa shape index (κ3) is 4.30. The van der Waals surface area contributed by atoms with Crippen LogP contribution in [0.25, 0.3) is 0 Å². The average molecular weight is 351 g/mol. The van der Waals surface area contributed by atoms with Crippen molar-refractivity contribution < 1.29 is 14.4 Å². The number of imide groups is 1. The highest BCUT2D eigenvalue weighted by Crippen LogP contribution is 2.13. The highest BCUT2D eigenvalue weighted by Gasteiger charge is 2.34. The molecule has 1 N–H and O–H groups in total. The van der Waals surface area contributed by atoms with E-state index in [2.05, 4.69) is 15.1 Å². The minimum Gasteiger partial charge on any atom is -0.342 e. The van der Waals surface area contributed by atoms with Gasteiger partial charge in [0, 0.05) is 52.4 Å². The molecular weight excluding hydrogens is 322 g/mol. The van der Waals surface area contributed by atoms with Crippen molar-refractivity contribution in [1.82, 2.24) is 24.9 Å². The number of carbonyl (C=O) groups excluding carboxylic acids is 3. The number of urea groups is 1. The normalized spacial score (nSPS) is 24.3. The van der Waals surface area contributed by atoms with Crippen molar-refractivity contribution in [2.45, 2.75) is 32.2 Å². The summed E-state index contributed by atoms with van der Waals surface area (Å²) in [4.78, 5) is 44.1. The molecular formula is C17H29N5O3. The third-order valence-corrected chi connectivity index (χ3v) is 5.50. The Morgan fingerprint density at radius 3 is 2.28 bits per heavy atom. The van der Waals surface area contributed by atoms with Gasteiger partial charge in [-0.2, -0.15) is 0 Å². The summed E-state index contributed by atoms with van der Waals surface area (Å²) >= 11 is 0. The van der Waals surface area contributed by atoms with Crippen LogP contribution in [0.3, 0.4) is 0 Å². The second kappa shape index (κ2) is 8.14. The fourth-order valence-electron chi connectivity index (χ4n) is 3.81. The van der Waals surface area contributed by atoms with Crippen molar-refractivity contribution in [3.05, 3.63) is 0 Å². The maximum Gasteiger partial charge on any atom is 0.324 e. The monoisotopic (exact) mass is 351 g/mol. The number of nitrogens with one attached hydrogen (secondary N) is 1. The lowest BCUT2D eigenvalue weighted by Gasteiger charge is -2.38. The lowest BCUT2D eigenvalue weighted by Crippen LogP contribution is -2.56. The first-order chi connectivity index (χ1) is 12.1. The Hall–Kier alpha value is -1.67. The average Bonchev–Trinajstić information content (AvgIpc) is 3.08. The van der Waals surface area contributed by atoms with Crippen molar-refractivity contribution in [3.8, 4) is 0 Å². The maximum absolute atomic E-state index is 12.5. The first kappa shape index (κ1) is 18.1. The maximum atomic E-state index is 12.5. The van der Waals surface area contributed by atoms with Crippen molar-refractivity contribution in [1.29, 1.82) is 0 Å². The van der Waals surface area contributed by atoms with Crippen LogP contribution >= 0.6 is 0 Å². The molecule has 0 aliphatic carbocycles. The Kier molecular flexibility index (Phi) is 5.90. The van der Waals surface area contributed by atoms with Crippen LogP contribution in [0.4, 0.5) is 4.79 Å². The van der Waals surface area contributed by atoms with Crippen molar-refractivity contribution in [2.24, 2.45) is 0 Å². The van der Waals surface area contributed by atoms with Crippen LogP contribution in [0.2, 0.25) is 0 Å². The van der Waals surface area contributed by atoms with Gasteiger partial charge in [-0.15, -0.1) is 0 Å². The number of amides is 4. The van der Waals surface area contributed by atoms with Crippen LogP contribution in [0, 0.1) is 0 Å². The van der Waals surface area contributed by atoms with E-state index in [9.17, 15) is 14.4 Å². The van der Waals surface area contributed by atoms with E-state index in [1.54, 1.807) is 0 Å². The minimum atomic E-state index is -0.302. The molecule has 0 radical (unpaired) electrons. The van der Waals surface area contributed by atoms with Gasteiger partial charge in [0.15, 0.2) is 0 Å². The van der Waals surface area contributed by atoms with Gasteiger partial charge >= 0.3 is 6.03 Å². The van der Waals surface area contributed by atoms with E-state index < -0.39 is 0 Å². The van der Waals surface area contributed by atoms with Gasteiger partial charge in [-0.3, -0.25) is 24.3 Å². The van der Waals surface area contributed by atoms with Gasteiger partial charge in [0.25, 0.3) is 0 Å². The molecule has 140 valence electrons. The van der Waals surface area contributed by atoms with Gasteiger partial charge in [-0.1, -0.05) is 0 Å². The Labute approximate surface area is 149 Å². The zero-order valence-corrected chi connectivity index (χ0v) is 15.1. The van der Waals surface area contributed by atoms with Crippen LogP contribution < -0.4 is 5.32 Å². The molecule has 3 rings (SSSR count). The summed E-state index contributed by atoms with van der Waals surface area (Å²) in [6.07, 6.45) is 3.45. The van der Waals surface area contributed by atoms with Crippen LogP contribution in [0.15, 0.2) is 0 Å². The van der Waals surface area contributed by atoms with Crippen LogP contribution in [-0.4, -0.2) is 102 Å². The van der Waals surface area contributed by atoms with Gasteiger partial charge in [0.1, 0.15) is 0 Å². The predicted molar refractivity (Wildman–Crippen MR) is 93.0 cm³/mol. The van der Waals surface area contributed by atoms with E-state index in [0.717, 1.165) is 52.1 Å². The molecule has 3 aliphatic rings. The summed E-state index contributed by atoms with van der Waals surface area (Å²) in [5, 5.41) is 2.67. The topological polar surface area (TPSA) is 76.2 Å². The molecule has 0 aromatic carbocycles. The molecule has 0 unspecified atom stereocenters. The fourth-order valence-corrected chi connectivity index (χ4v) is 3.81. The summed E-state index contributed by atoms with van der Waals surface area (Å²) in [7, 11) is 0. The lowest BCUT2D eigenvalue weighted by atomic mass is 10.1. The van der Waals surface area contributed by atoms with E-state index in [1.165, 1.54) is 11.3 Å². The molecule has 0 aromatic heterocycles. The van der Waals surface area contributed by atoms with Crippen LogP contribution in [0.1, 0.15) is 26.2 Å². The van der Waals surface area contributed by atoms with Crippen molar-refractivity contribution >= 4 is 17.8 Å². The zero-order valence-electron chi connectivity index (χ0n) is 15.1. The molecule has 0 bridgehead atoms. The Morgan fingerprint density at radius 1 is 1.00 bits per heavy atom. The molecule has 3 saturated heterocycles. The molecule has 25 heavy (non-hydrogen) atoms. The Morgan fingerprint density at radius 2 is 1.68 bits per heavy atom. The molecule has 4 amide bonds. The van der Waals surface area contributed by atoms with Crippen molar-refractivity contribution in [2.75, 3.05) is 58.9 Å². The number of carbonyl (C=O) groups is 3.